The Balaban J connectivity index is 1.63. The lowest BCUT2D eigenvalue weighted by molar-refractivity contribution is 1.10. The highest BCUT2D eigenvalue weighted by Gasteiger charge is 2.29. The molecule has 0 unspecified atom stereocenters. The second-order valence-electron chi connectivity index (χ2n) is 12.9. The zero-order chi connectivity index (χ0) is 32.5. The quantitative estimate of drug-likeness (QED) is 0.170. The van der Waals surface area contributed by atoms with E-state index in [9.17, 15) is 0 Å². The fourth-order valence-electron chi connectivity index (χ4n) is 8.53. The number of aromatic nitrogens is 3. The van der Waals surface area contributed by atoms with Crippen LogP contribution in [-0.4, -0.2) is 20.7 Å². The van der Waals surface area contributed by atoms with Gasteiger partial charge in [0.05, 0.1) is 38.0 Å². The van der Waals surface area contributed by atoms with E-state index in [4.69, 9.17) is 4.99 Å². The summed E-state index contributed by atoms with van der Waals surface area (Å²) in [6.45, 7) is 9.13. The standard InChI is InChI=1S/C44H39N4/c1-5-25-26(6-2)38-30-18-10-14-22-34(30)43(46-38)44-36-24-16-12-20-32(36)40(48-44)28(8-4)27(7-3)39-31-19-11-15-23-35(31)42(47-39)41-33-21-13-9-17-29(33)37(25)45-41/h9-24,45-47H,5-8H2,1-4H3/q+1. The minimum Gasteiger partial charge on any atom is -0.352 e. The van der Waals surface area contributed by atoms with E-state index < -0.39 is 0 Å². The molecule has 5 heterocycles. The third-order valence-corrected chi connectivity index (χ3v) is 10.6. The number of allylic oxidation sites excluding steroid dienone is 4. The molecule has 3 N–H and O–H groups in total. The van der Waals surface area contributed by atoms with Crippen molar-refractivity contribution in [3.63, 3.8) is 0 Å². The maximum Gasteiger partial charge on any atom is 0.130 e. The molecule has 0 saturated heterocycles. The maximum atomic E-state index is 5.59. The summed E-state index contributed by atoms with van der Waals surface area (Å²) in [6, 6.07) is 26.5. The first-order valence-corrected chi connectivity index (χ1v) is 17.5. The molecule has 0 fully saturated rings. The van der Waals surface area contributed by atoms with Crippen LogP contribution in [0, 0.1) is 17.1 Å². The molecule has 1 aliphatic carbocycles. The molecule has 0 amide bonds. The highest BCUT2D eigenvalue weighted by molar-refractivity contribution is 6.23. The molecule has 3 aromatic carbocycles. The Bertz CT molecular complexity index is 2790. The van der Waals surface area contributed by atoms with Crippen LogP contribution in [0.4, 0.5) is 0 Å². The van der Waals surface area contributed by atoms with Gasteiger partial charge in [-0.1, -0.05) is 100 Å². The lowest BCUT2D eigenvalue weighted by Crippen LogP contribution is -2.19. The van der Waals surface area contributed by atoms with Gasteiger partial charge in [-0.25, -0.2) is 4.99 Å². The molecule has 0 saturated carbocycles. The summed E-state index contributed by atoms with van der Waals surface area (Å²) in [4.78, 5) is 17.6. The number of rotatable bonds is 4. The van der Waals surface area contributed by atoms with Gasteiger partial charge in [-0.05, 0) is 42.4 Å². The van der Waals surface area contributed by atoms with Crippen LogP contribution in [0.15, 0.2) is 95.5 Å². The van der Waals surface area contributed by atoms with E-state index in [-0.39, 0.29) is 0 Å². The lowest BCUT2D eigenvalue weighted by atomic mass is 9.89. The van der Waals surface area contributed by atoms with Gasteiger partial charge < -0.3 is 15.0 Å². The smallest absolute Gasteiger partial charge is 0.130 e. The van der Waals surface area contributed by atoms with Crippen LogP contribution in [0.5, 0.6) is 0 Å². The number of hydrogen-bond acceptors (Lipinski definition) is 1. The van der Waals surface area contributed by atoms with Gasteiger partial charge in [0.25, 0.3) is 0 Å². The largest absolute Gasteiger partial charge is 0.352 e. The van der Waals surface area contributed by atoms with Crippen molar-refractivity contribution in [2.75, 3.05) is 0 Å². The molecule has 48 heavy (non-hydrogen) atoms. The fourth-order valence-corrected chi connectivity index (χ4v) is 8.53. The van der Waals surface area contributed by atoms with E-state index in [1.165, 1.54) is 82.1 Å². The number of aliphatic imine (C=N–C) groups is 1. The number of nitrogens with zero attached hydrogens (tertiary/aromatic N) is 1. The van der Waals surface area contributed by atoms with E-state index in [1.54, 1.807) is 0 Å². The summed E-state index contributed by atoms with van der Waals surface area (Å²) in [5, 5.41) is 11.9. The topological polar surface area (TPSA) is 59.7 Å². The third kappa shape index (κ3) is 3.95. The molecule has 4 nitrogen and oxygen atoms in total. The number of nitrogens with one attached hydrogen (secondary N) is 3. The second kappa shape index (κ2) is 11.1. The summed E-state index contributed by atoms with van der Waals surface area (Å²) in [6.07, 6.45) is 12.4. The average Bonchev–Trinajstić information content (AvgIpc) is 3.90. The summed E-state index contributed by atoms with van der Waals surface area (Å²) < 4.78 is 0. The van der Waals surface area contributed by atoms with Crippen LogP contribution < -0.4 is 21.3 Å². The summed E-state index contributed by atoms with van der Waals surface area (Å²) in [5.74, 6) is 0. The SMILES string of the molecule is CCC1=C(CC)c2[nH]c(c3c2[CH+]C=CC=3)=c2[nH]c(c3ccccc23)=C(CC)C(CC)=c2[nH]c(c3ccccc23)=C2N=C1c1ccccc12. The third-order valence-electron chi connectivity index (χ3n) is 10.6. The van der Waals surface area contributed by atoms with Crippen LogP contribution in [0.2, 0.25) is 0 Å². The normalized spacial score (nSPS) is 15.2. The maximum absolute atomic E-state index is 5.59. The predicted octanol–water partition coefficient (Wildman–Crippen LogP) is 7.53. The monoisotopic (exact) mass is 623 g/mol. The van der Waals surface area contributed by atoms with E-state index >= 15 is 0 Å². The predicted molar refractivity (Wildman–Crippen MR) is 201 cm³/mol. The molecule has 234 valence electrons. The van der Waals surface area contributed by atoms with Crippen molar-refractivity contribution in [1.29, 1.82) is 0 Å². The van der Waals surface area contributed by atoms with Crippen molar-refractivity contribution in [1.82, 2.24) is 15.0 Å². The van der Waals surface area contributed by atoms with Crippen molar-refractivity contribution in [2.45, 2.75) is 53.4 Å². The van der Waals surface area contributed by atoms with Crippen LogP contribution in [-0.2, 0) is 0 Å². The van der Waals surface area contributed by atoms with Gasteiger partial charge in [-0.3, -0.25) is 0 Å². The number of hydrogen-bond donors (Lipinski definition) is 3. The highest BCUT2D eigenvalue weighted by Crippen LogP contribution is 2.36. The van der Waals surface area contributed by atoms with E-state index in [0.29, 0.717) is 0 Å². The first kappa shape index (κ1) is 28.7. The van der Waals surface area contributed by atoms with Gasteiger partial charge in [0.1, 0.15) is 16.6 Å². The number of benzene rings is 3. The van der Waals surface area contributed by atoms with Gasteiger partial charge in [-0.15, -0.1) is 0 Å². The zero-order valence-electron chi connectivity index (χ0n) is 28.0. The Kier molecular flexibility index (Phi) is 6.62. The van der Waals surface area contributed by atoms with Crippen LogP contribution in [0.25, 0.3) is 50.0 Å². The number of H-pyrrole nitrogens is 3. The van der Waals surface area contributed by atoms with Gasteiger partial charge in [0.15, 0.2) is 0 Å². The number of aromatic amines is 3. The van der Waals surface area contributed by atoms with E-state index in [0.717, 1.165) is 53.1 Å². The summed E-state index contributed by atoms with van der Waals surface area (Å²) >= 11 is 0. The molecular formula is C44H39N4+. The Morgan fingerprint density at radius 2 is 1.08 bits per heavy atom. The van der Waals surface area contributed by atoms with E-state index in [1.807, 2.05) is 0 Å². The van der Waals surface area contributed by atoms with Crippen molar-refractivity contribution >= 4 is 55.7 Å². The molecule has 8 bridgehead atoms. The summed E-state index contributed by atoms with van der Waals surface area (Å²) in [7, 11) is 0. The molecule has 0 spiro atoms. The molecule has 3 aliphatic rings. The second-order valence-corrected chi connectivity index (χ2v) is 12.9. The molecule has 6 aromatic rings. The average molecular weight is 624 g/mol. The number of fused-ring (bicyclic) bond motifs is 19. The Morgan fingerprint density at radius 3 is 1.71 bits per heavy atom. The van der Waals surface area contributed by atoms with Gasteiger partial charge in [0.2, 0.25) is 0 Å². The fraction of sp³-hybridized carbons (Fsp3) is 0.182. The van der Waals surface area contributed by atoms with Gasteiger partial charge in [0, 0.05) is 62.9 Å². The van der Waals surface area contributed by atoms with Gasteiger partial charge in [-0.2, -0.15) is 0 Å². The molecule has 0 atom stereocenters. The minimum atomic E-state index is 0.876. The van der Waals surface area contributed by atoms with Crippen molar-refractivity contribution in [3.05, 3.63) is 151 Å². The van der Waals surface area contributed by atoms with Crippen molar-refractivity contribution in [3.8, 4) is 0 Å². The Hall–Kier alpha value is -5.48. The van der Waals surface area contributed by atoms with Crippen LogP contribution in [0.1, 0.15) is 75.8 Å². The van der Waals surface area contributed by atoms with Crippen molar-refractivity contribution in [2.24, 2.45) is 4.99 Å². The first-order valence-electron chi connectivity index (χ1n) is 17.5. The molecule has 3 aromatic heterocycles. The molecule has 0 radical (unpaired) electrons. The Morgan fingerprint density at radius 1 is 0.542 bits per heavy atom. The zero-order valence-corrected chi connectivity index (χ0v) is 28.0. The molecule has 2 aliphatic heterocycles. The summed E-state index contributed by atoms with van der Waals surface area (Å²) in [5.41, 5.74) is 12.2. The van der Waals surface area contributed by atoms with E-state index in [2.05, 4.69) is 140 Å². The molecule has 4 heteroatoms. The minimum absolute atomic E-state index is 0.876. The first-order chi connectivity index (χ1) is 23.7. The van der Waals surface area contributed by atoms with Crippen LogP contribution in [0.3, 0.4) is 0 Å². The van der Waals surface area contributed by atoms with Crippen molar-refractivity contribution < 1.29 is 0 Å². The van der Waals surface area contributed by atoms with Gasteiger partial charge >= 0.3 is 0 Å². The molecule has 9 rings (SSSR count). The Labute approximate surface area is 279 Å². The molecular weight excluding hydrogens is 585 g/mol. The lowest BCUT2D eigenvalue weighted by Gasteiger charge is -2.12. The van der Waals surface area contributed by atoms with Crippen LogP contribution >= 0.6 is 0 Å². The highest BCUT2D eigenvalue weighted by atomic mass is 14.8.